The summed E-state index contributed by atoms with van der Waals surface area (Å²) in [5, 5.41) is 20.7. The van der Waals surface area contributed by atoms with E-state index < -0.39 is 23.8 Å². The summed E-state index contributed by atoms with van der Waals surface area (Å²) in [7, 11) is 0. The van der Waals surface area contributed by atoms with Crippen LogP contribution in [0.5, 0.6) is 0 Å². The molecular weight excluding hydrogens is 517 g/mol. The van der Waals surface area contributed by atoms with Crippen LogP contribution >= 0.6 is 0 Å². The van der Waals surface area contributed by atoms with Gasteiger partial charge in [0.1, 0.15) is 5.69 Å². The van der Waals surface area contributed by atoms with E-state index in [1.54, 1.807) is 36.3 Å². The second-order valence-electron chi connectivity index (χ2n) is 9.52. The average Bonchev–Trinajstić information content (AvgIpc) is 3.54. The van der Waals surface area contributed by atoms with Gasteiger partial charge in [0.15, 0.2) is 5.65 Å². The molecule has 5 rings (SSSR count). The van der Waals surface area contributed by atoms with Gasteiger partial charge in [0.25, 0.3) is 5.91 Å². The molecule has 0 spiro atoms. The zero-order valence-corrected chi connectivity index (χ0v) is 21.0. The SMILES string of the molecule is C[C@@H](CO)NC(=O)c1cc(-c2cnn(C(c3ccc(C(F)(F)F)nc3)C3CCOCC3)c2)cn2nc(N)nc12. The second kappa shape index (κ2) is 10.6. The van der Waals surface area contributed by atoms with Crippen LogP contribution in [0.3, 0.4) is 0 Å². The predicted octanol–water partition coefficient (Wildman–Crippen LogP) is 2.72. The Hall–Kier alpha value is -4.04. The largest absolute Gasteiger partial charge is 0.433 e. The fourth-order valence-electron chi connectivity index (χ4n) is 4.73. The molecule has 5 heterocycles. The molecule has 4 aromatic rings. The number of alkyl halides is 3. The molecule has 0 aliphatic carbocycles. The molecular formula is C25H27F3N8O3. The Morgan fingerprint density at radius 2 is 2.00 bits per heavy atom. The number of rotatable bonds is 7. The van der Waals surface area contributed by atoms with E-state index in [-0.39, 0.29) is 35.7 Å². The number of carbonyl (C=O) groups excluding carboxylic acids is 1. The van der Waals surface area contributed by atoms with Gasteiger partial charge in [0.2, 0.25) is 5.95 Å². The van der Waals surface area contributed by atoms with E-state index in [0.29, 0.717) is 42.7 Å². The molecule has 1 amide bonds. The van der Waals surface area contributed by atoms with E-state index in [2.05, 4.69) is 25.5 Å². The summed E-state index contributed by atoms with van der Waals surface area (Å²) >= 11 is 0. The molecule has 0 saturated carbocycles. The smallest absolute Gasteiger partial charge is 0.394 e. The number of aromatic nitrogens is 6. The number of hydrogen-bond acceptors (Lipinski definition) is 8. The highest BCUT2D eigenvalue weighted by Crippen LogP contribution is 2.36. The lowest BCUT2D eigenvalue weighted by Crippen LogP contribution is -2.35. The van der Waals surface area contributed by atoms with Gasteiger partial charge in [-0.15, -0.1) is 5.10 Å². The van der Waals surface area contributed by atoms with Crippen LogP contribution in [0.4, 0.5) is 19.1 Å². The lowest BCUT2D eigenvalue weighted by molar-refractivity contribution is -0.141. The first-order valence-corrected chi connectivity index (χ1v) is 12.4. The fourth-order valence-corrected chi connectivity index (χ4v) is 4.73. The molecule has 11 nitrogen and oxygen atoms in total. The quantitative estimate of drug-likeness (QED) is 0.322. The number of nitrogens with zero attached hydrogens (tertiary/aromatic N) is 6. The summed E-state index contributed by atoms with van der Waals surface area (Å²) in [5.41, 5.74) is 7.12. The van der Waals surface area contributed by atoms with Crippen molar-refractivity contribution < 1.29 is 27.8 Å². The fraction of sp³-hybridized carbons (Fsp3) is 0.400. The van der Waals surface area contributed by atoms with Crippen molar-refractivity contribution >= 4 is 17.5 Å². The van der Waals surface area contributed by atoms with E-state index in [1.807, 2.05) is 0 Å². The van der Waals surface area contributed by atoms with Crippen molar-refractivity contribution in [2.75, 3.05) is 25.6 Å². The van der Waals surface area contributed by atoms with Gasteiger partial charge < -0.3 is 20.9 Å². The third-order valence-electron chi connectivity index (χ3n) is 6.70. The van der Waals surface area contributed by atoms with Crippen LogP contribution in [0, 0.1) is 5.92 Å². The molecule has 2 atom stereocenters. The van der Waals surface area contributed by atoms with Gasteiger partial charge in [-0.3, -0.25) is 14.5 Å². The second-order valence-corrected chi connectivity index (χ2v) is 9.52. The molecule has 14 heteroatoms. The number of nitrogens with two attached hydrogens (primary N) is 1. The first-order chi connectivity index (χ1) is 18.6. The van der Waals surface area contributed by atoms with Crippen molar-refractivity contribution in [1.82, 2.24) is 34.7 Å². The number of nitrogens with one attached hydrogen (secondary N) is 1. The minimum atomic E-state index is -4.53. The predicted molar refractivity (Wildman–Crippen MR) is 134 cm³/mol. The number of hydrogen-bond donors (Lipinski definition) is 3. The van der Waals surface area contributed by atoms with Crippen LogP contribution in [0.2, 0.25) is 0 Å². The van der Waals surface area contributed by atoms with Crippen molar-refractivity contribution in [2.45, 2.75) is 38.0 Å². The van der Waals surface area contributed by atoms with Crippen LogP contribution in [0.1, 0.15) is 47.4 Å². The number of nitrogen functional groups attached to an aromatic ring is 1. The molecule has 0 aromatic carbocycles. The first-order valence-electron chi connectivity index (χ1n) is 12.4. The number of ether oxygens (including phenoxy) is 1. The van der Waals surface area contributed by atoms with E-state index in [0.717, 1.165) is 6.07 Å². The van der Waals surface area contributed by atoms with Crippen molar-refractivity contribution in [3.63, 3.8) is 0 Å². The number of anilines is 1. The Labute approximate surface area is 220 Å². The van der Waals surface area contributed by atoms with Crippen LogP contribution in [-0.2, 0) is 10.9 Å². The average molecular weight is 545 g/mol. The zero-order valence-electron chi connectivity index (χ0n) is 21.0. The van der Waals surface area contributed by atoms with Gasteiger partial charge in [-0.05, 0) is 43.4 Å². The maximum atomic E-state index is 13.1. The molecule has 1 unspecified atom stereocenters. The van der Waals surface area contributed by atoms with Gasteiger partial charge in [-0.25, -0.2) is 4.52 Å². The normalized spacial score (nSPS) is 16.3. The summed E-state index contributed by atoms with van der Waals surface area (Å²) in [4.78, 5) is 20.8. The Morgan fingerprint density at radius 3 is 2.67 bits per heavy atom. The monoisotopic (exact) mass is 544 g/mol. The van der Waals surface area contributed by atoms with E-state index >= 15 is 0 Å². The molecule has 39 heavy (non-hydrogen) atoms. The Balaban J connectivity index is 1.53. The summed E-state index contributed by atoms with van der Waals surface area (Å²) in [6.45, 7) is 2.50. The summed E-state index contributed by atoms with van der Waals surface area (Å²) < 4.78 is 48.0. The number of pyridine rings is 2. The van der Waals surface area contributed by atoms with Crippen LogP contribution in [0.25, 0.3) is 16.8 Å². The summed E-state index contributed by atoms with van der Waals surface area (Å²) in [5.74, 6) is -0.412. The minimum Gasteiger partial charge on any atom is -0.394 e. The highest BCUT2D eigenvalue weighted by atomic mass is 19.4. The molecule has 1 aliphatic rings. The molecule has 4 aromatic heterocycles. The highest BCUT2D eigenvalue weighted by Gasteiger charge is 2.34. The van der Waals surface area contributed by atoms with Gasteiger partial charge in [0.05, 0.1) is 24.4 Å². The highest BCUT2D eigenvalue weighted by molar-refractivity contribution is 6.01. The van der Waals surface area contributed by atoms with E-state index in [4.69, 9.17) is 10.5 Å². The molecule has 1 fully saturated rings. The van der Waals surface area contributed by atoms with E-state index in [9.17, 15) is 23.1 Å². The number of aliphatic hydroxyl groups excluding tert-OH is 1. The Bertz CT molecular complexity index is 1460. The summed E-state index contributed by atoms with van der Waals surface area (Å²) in [6.07, 6.45) is 3.18. The Morgan fingerprint density at radius 1 is 1.23 bits per heavy atom. The maximum Gasteiger partial charge on any atom is 0.433 e. The zero-order chi connectivity index (χ0) is 27.7. The number of halogens is 3. The first kappa shape index (κ1) is 26.6. The number of amides is 1. The lowest BCUT2D eigenvalue weighted by Gasteiger charge is -2.30. The third kappa shape index (κ3) is 5.56. The Kier molecular flexibility index (Phi) is 7.23. The molecule has 206 valence electrons. The molecule has 0 radical (unpaired) electrons. The van der Waals surface area contributed by atoms with Gasteiger partial charge in [-0.1, -0.05) is 6.07 Å². The molecule has 1 aliphatic heterocycles. The van der Waals surface area contributed by atoms with Crippen LogP contribution in [-0.4, -0.2) is 66.2 Å². The molecule has 4 N–H and O–H groups in total. The lowest BCUT2D eigenvalue weighted by atomic mass is 9.87. The van der Waals surface area contributed by atoms with E-state index in [1.165, 1.54) is 16.8 Å². The van der Waals surface area contributed by atoms with Crippen molar-refractivity contribution in [3.05, 3.63) is 59.8 Å². The molecule has 1 saturated heterocycles. The maximum absolute atomic E-state index is 13.1. The number of aliphatic hydroxyl groups is 1. The topological polar surface area (TPSA) is 145 Å². The third-order valence-corrected chi connectivity index (χ3v) is 6.70. The van der Waals surface area contributed by atoms with Gasteiger partial charge in [-0.2, -0.15) is 23.3 Å². The van der Waals surface area contributed by atoms with Gasteiger partial charge in [0, 0.05) is 49.0 Å². The van der Waals surface area contributed by atoms with Gasteiger partial charge >= 0.3 is 6.18 Å². The van der Waals surface area contributed by atoms with Crippen LogP contribution in [0.15, 0.2) is 43.0 Å². The van der Waals surface area contributed by atoms with Crippen molar-refractivity contribution in [3.8, 4) is 11.1 Å². The minimum absolute atomic E-state index is 0.0125. The standard InChI is InChI=1S/C25H27F3N8O3/c1-14(13-37)32-23(38)19-8-17(11-36-22(19)33-24(29)34-36)18-10-31-35(12-18)21(15-4-6-39-7-5-15)16-2-3-20(30-9-16)25(26,27)28/h2-3,8-12,14-15,21,37H,4-7,13H2,1H3,(H2,29,34)(H,32,38)/t14-,21?/m0/s1. The number of fused-ring (bicyclic) bond motifs is 1. The number of carbonyl (C=O) groups is 1. The van der Waals surface area contributed by atoms with Crippen LogP contribution < -0.4 is 11.1 Å². The summed E-state index contributed by atoms with van der Waals surface area (Å²) in [6, 6.07) is 3.19. The molecule has 0 bridgehead atoms. The van der Waals surface area contributed by atoms with Crippen molar-refractivity contribution in [1.29, 1.82) is 0 Å². The van der Waals surface area contributed by atoms with Crippen molar-refractivity contribution in [2.24, 2.45) is 5.92 Å².